The van der Waals surface area contributed by atoms with Gasteiger partial charge in [-0.3, -0.25) is 0 Å². The number of nitriles is 1. The van der Waals surface area contributed by atoms with Gasteiger partial charge in [-0.25, -0.2) is 0 Å². The molecule has 4 aliphatic rings. The zero-order valence-electron chi connectivity index (χ0n) is 13.9. The first-order valence-electron chi connectivity index (χ1n) is 9.49. The van der Waals surface area contributed by atoms with E-state index in [9.17, 15) is 5.26 Å². The summed E-state index contributed by atoms with van der Waals surface area (Å²) in [5.41, 5.74) is 1.00. The maximum atomic E-state index is 9.55. The molecular weight excluding hydrogens is 254 g/mol. The molecule has 0 saturated heterocycles. The Labute approximate surface area is 130 Å². The van der Waals surface area contributed by atoms with Crippen LogP contribution in [0.5, 0.6) is 0 Å². The van der Waals surface area contributed by atoms with Crippen LogP contribution < -0.4 is 0 Å². The highest BCUT2D eigenvalue weighted by atomic mass is 14.6. The first-order chi connectivity index (χ1) is 10.1. The molecule has 4 fully saturated rings. The number of rotatable bonds is 0. The summed E-state index contributed by atoms with van der Waals surface area (Å²) >= 11 is 0. The maximum Gasteiger partial charge on any atom is 0.0661 e. The average Bonchev–Trinajstić information content (AvgIpc) is 2.83. The Bertz CT molecular complexity index is 463. The normalized spacial score (nSPS) is 56.0. The third-order valence-electron chi connectivity index (χ3n) is 8.74. The molecule has 21 heavy (non-hydrogen) atoms. The largest absolute Gasteiger partial charge is 0.198 e. The van der Waals surface area contributed by atoms with Gasteiger partial charge in [-0.05, 0) is 85.9 Å². The van der Waals surface area contributed by atoms with Crippen LogP contribution in [0, 0.1) is 51.8 Å². The quantitative estimate of drug-likeness (QED) is 0.571. The summed E-state index contributed by atoms with van der Waals surface area (Å²) in [7, 11) is 0. The van der Waals surface area contributed by atoms with Crippen molar-refractivity contribution in [3.05, 3.63) is 0 Å². The second-order valence-electron chi connectivity index (χ2n) is 9.21. The third kappa shape index (κ3) is 1.80. The van der Waals surface area contributed by atoms with E-state index in [1.165, 1.54) is 64.2 Å². The number of nitrogens with zero attached hydrogens (tertiary/aromatic N) is 1. The summed E-state index contributed by atoms with van der Waals surface area (Å²) in [5, 5.41) is 9.55. The Balaban J connectivity index is 1.64. The van der Waals surface area contributed by atoms with E-state index in [0.717, 1.165) is 23.7 Å². The molecule has 1 nitrogen and oxygen atoms in total. The van der Waals surface area contributed by atoms with Crippen LogP contribution >= 0.6 is 0 Å². The monoisotopic (exact) mass is 285 g/mol. The van der Waals surface area contributed by atoms with Gasteiger partial charge in [0.05, 0.1) is 12.0 Å². The van der Waals surface area contributed by atoms with Crippen molar-refractivity contribution in [2.45, 2.75) is 78.1 Å². The van der Waals surface area contributed by atoms with Crippen molar-refractivity contribution in [1.82, 2.24) is 0 Å². The van der Waals surface area contributed by atoms with Crippen LogP contribution in [0.15, 0.2) is 0 Å². The molecule has 1 heteroatoms. The van der Waals surface area contributed by atoms with E-state index in [2.05, 4.69) is 19.9 Å². The van der Waals surface area contributed by atoms with Crippen molar-refractivity contribution in [2.24, 2.45) is 40.4 Å². The minimum absolute atomic E-state index is 0.348. The molecule has 0 spiro atoms. The van der Waals surface area contributed by atoms with Crippen LogP contribution in [0.25, 0.3) is 0 Å². The number of hydrogen-bond acceptors (Lipinski definition) is 1. The fraction of sp³-hybridized carbons (Fsp3) is 0.950. The van der Waals surface area contributed by atoms with Crippen LogP contribution in [-0.4, -0.2) is 0 Å². The second kappa shape index (κ2) is 4.74. The minimum atomic E-state index is 0.348. The van der Waals surface area contributed by atoms with Crippen molar-refractivity contribution in [2.75, 3.05) is 0 Å². The third-order valence-corrected chi connectivity index (χ3v) is 8.74. The first kappa shape index (κ1) is 14.1. The van der Waals surface area contributed by atoms with E-state index in [0.29, 0.717) is 16.7 Å². The van der Waals surface area contributed by atoms with Crippen LogP contribution in [0.1, 0.15) is 78.1 Å². The number of fused-ring (bicyclic) bond motifs is 5. The highest BCUT2D eigenvalue weighted by molar-refractivity contribution is 5.12. The lowest BCUT2D eigenvalue weighted by Gasteiger charge is -2.60. The molecule has 0 amide bonds. The van der Waals surface area contributed by atoms with Gasteiger partial charge in [0.15, 0.2) is 0 Å². The molecule has 4 aliphatic carbocycles. The summed E-state index contributed by atoms with van der Waals surface area (Å²) in [5.74, 6) is 4.15. The lowest BCUT2D eigenvalue weighted by molar-refractivity contribution is -0.107. The SMILES string of the molecule is CC12CC[C@H]3C(CC[C@H]4CCCCC43C)C1CCC2C#N. The second-order valence-corrected chi connectivity index (χ2v) is 9.21. The van der Waals surface area contributed by atoms with Gasteiger partial charge in [-0.15, -0.1) is 0 Å². The van der Waals surface area contributed by atoms with Gasteiger partial charge in [0.2, 0.25) is 0 Å². The standard InChI is InChI=1S/C20H31N/c1-19-11-4-3-5-14(19)6-8-16-17-9-7-15(13-21)20(17,2)12-10-18(16)19/h14-18H,3-12H2,1-2H3/t14-,15?,16?,17?,18+,19?,20?/m1/s1. The molecule has 0 aromatic rings. The molecule has 7 atom stereocenters. The molecule has 0 aromatic carbocycles. The van der Waals surface area contributed by atoms with Crippen molar-refractivity contribution >= 4 is 0 Å². The molecule has 0 heterocycles. The molecule has 4 rings (SSSR count). The van der Waals surface area contributed by atoms with Gasteiger partial charge in [0, 0.05) is 0 Å². The zero-order chi connectivity index (χ0) is 14.7. The van der Waals surface area contributed by atoms with Crippen molar-refractivity contribution in [3.63, 3.8) is 0 Å². The van der Waals surface area contributed by atoms with Gasteiger partial charge < -0.3 is 0 Å². The van der Waals surface area contributed by atoms with Crippen LogP contribution in [0.2, 0.25) is 0 Å². The topological polar surface area (TPSA) is 23.8 Å². The van der Waals surface area contributed by atoms with Gasteiger partial charge in [0.25, 0.3) is 0 Å². The highest BCUT2D eigenvalue weighted by Crippen LogP contribution is 2.67. The maximum absolute atomic E-state index is 9.55. The smallest absolute Gasteiger partial charge is 0.0661 e. The molecule has 0 bridgehead atoms. The van der Waals surface area contributed by atoms with Crippen molar-refractivity contribution in [1.29, 1.82) is 5.26 Å². The van der Waals surface area contributed by atoms with E-state index in [1.54, 1.807) is 0 Å². The van der Waals surface area contributed by atoms with Gasteiger partial charge in [-0.1, -0.05) is 26.7 Å². The molecule has 4 saturated carbocycles. The summed E-state index contributed by atoms with van der Waals surface area (Å²) < 4.78 is 0. The Morgan fingerprint density at radius 3 is 2.43 bits per heavy atom. The predicted molar refractivity (Wildman–Crippen MR) is 85.4 cm³/mol. The van der Waals surface area contributed by atoms with Crippen LogP contribution in [0.4, 0.5) is 0 Å². The Morgan fingerprint density at radius 1 is 0.810 bits per heavy atom. The van der Waals surface area contributed by atoms with E-state index < -0.39 is 0 Å². The Morgan fingerprint density at radius 2 is 1.62 bits per heavy atom. The zero-order valence-corrected chi connectivity index (χ0v) is 13.9. The molecular formula is C20H31N. The first-order valence-corrected chi connectivity index (χ1v) is 9.49. The lowest BCUT2D eigenvalue weighted by Crippen LogP contribution is -2.52. The van der Waals surface area contributed by atoms with E-state index in [1.807, 2.05) is 0 Å². The molecule has 0 aliphatic heterocycles. The average molecular weight is 285 g/mol. The minimum Gasteiger partial charge on any atom is -0.198 e. The predicted octanol–water partition coefficient (Wildman–Crippen LogP) is 5.56. The highest BCUT2D eigenvalue weighted by Gasteiger charge is 2.59. The van der Waals surface area contributed by atoms with Crippen molar-refractivity contribution in [3.8, 4) is 6.07 Å². The van der Waals surface area contributed by atoms with Gasteiger partial charge >= 0.3 is 0 Å². The lowest BCUT2D eigenvalue weighted by atomic mass is 9.45. The van der Waals surface area contributed by atoms with E-state index in [4.69, 9.17) is 0 Å². The van der Waals surface area contributed by atoms with Crippen LogP contribution in [-0.2, 0) is 0 Å². The van der Waals surface area contributed by atoms with Gasteiger partial charge in [0.1, 0.15) is 0 Å². The fourth-order valence-electron chi connectivity index (χ4n) is 7.51. The summed E-state index contributed by atoms with van der Waals surface area (Å²) in [6.45, 7) is 5.11. The Kier molecular flexibility index (Phi) is 3.18. The van der Waals surface area contributed by atoms with Gasteiger partial charge in [-0.2, -0.15) is 5.26 Å². The Hall–Kier alpha value is -0.510. The molecule has 0 radical (unpaired) electrons. The van der Waals surface area contributed by atoms with Crippen LogP contribution in [0.3, 0.4) is 0 Å². The van der Waals surface area contributed by atoms with E-state index >= 15 is 0 Å². The molecule has 0 N–H and O–H groups in total. The summed E-state index contributed by atoms with van der Waals surface area (Å²) in [4.78, 5) is 0. The number of hydrogen-bond donors (Lipinski definition) is 0. The van der Waals surface area contributed by atoms with Crippen molar-refractivity contribution < 1.29 is 0 Å². The van der Waals surface area contributed by atoms with E-state index in [-0.39, 0.29) is 0 Å². The summed E-state index contributed by atoms with van der Waals surface area (Å²) in [6, 6.07) is 2.66. The summed E-state index contributed by atoms with van der Waals surface area (Å²) in [6.07, 6.45) is 14.2. The molecule has 5 unspecified atom stereocenters. The fourth-order valence-corrected chi connectivity index (χ4v) is 7.51. The molecule has 0 aromatic heterocycles. The molecule has 116 valence electrons.